The van der Waals surface area contributed by atoms with E-state index in [9.17, 15) is 9.59 Å². The third-order valence-corrected chi connectivity index (χ3v) is 4.69. The third kappa shape index (κ3) is 6.00. The number of carbonyl (C=O) groups is 2. The van der Waals surface area contributed by atoms with Crippen LogP contribution in [0.4, 0.5) is 11.4 Å². The van der Waals surface area contributed by atoms with Crippen molar-refractivity contribution in [2.24, 2.45) is 0 Å². The highest BCUT2D eigenvalue weighted by Crippen LogP contribution is 2.32. The number of anilines is 2. The summed E-state index contributed by atoms with van der Waals surface area (Å²) in [6.07, 6.45) is 3.37. The lowest BCUT2D eigenvalue weighted by Gasteiger charge is -2.26. The maximum absolute atomic E-state index is 12.4. The zero-order chi connectivity index (χ0) is 23.1. The van der Waals surface area contributed by atoms with Gasteiger partial charge in [0.05, 0.1) is 25.5 Å². The van der Waals surface area contributed by atoms with E-state index in [1.165, 1.54) is 13.5 Å². The molecule has 0 radical (unpaired) electrons. The average molecular weight is 438 g/mol. The Balaban J connectivity index is 1.54. The molecule has 0 saturated carbocycles. The normalized spacial score (nSPS) is 11.0. The molecule has 1 aromatic heterocycles. The molecule has 2 amide bonds. The second-order valence-electron chi connectivity index (χ2n) is 7.74. The maximum atomic E-state index is 12.4. The third-order valence-electron chi connectivity index (χ3n) is 4.69. The highest BCUT2D eigenvalue weighted by Gasteiger charge is 2.25. The Hall–Kier alpha value is -4.01. The Morgan fingerprint density at radius 2 is 1.88 bits per heavy atom. The van der Waals surface area contributed by atoms with Gasteiger partial charge >= 0.3 is 11.8 Å². The zero-order valence-electron chi connectivity index (χ0n) is 18.2. The Morgan fingerprint density at radius 3 is 2.53 bits per heavy atom. The van der Waals surface area contributed by atoms with Crippen molar-refractivity contribution in [2.75, 3.05) is 24.8 Å². The molecule has 0 aliphatic rings. The number of nitrogens with zero attached hydrogens (tertiary/aromatic N) is 1. The van der Waals surface area contributed by atoms with Gasteiger partial charge in [-0.25, -0.2) is 4.98 Å². The number of carbonyl (C=O) groups excluding carboxylic acids is 2. The Kier molecular flexibility index (Phi) is 6.99. The summed E-state index contributed by atoms with van der Waals surface area (Å²) in [4.78, 5) is 28.7. The highest BCUT2D eigenvalue weighted by atomic mass is 16.5. The van der Waals surface area contributed by atoms with E-state index < -0.39 is 17.4 Å². The molecular formula is C23H26N4O5. The molecule has 0 bridgehead atoms. The minimum absolute atomic E-state index is 0.360. The van der Waals surface area contributed by atoms with Crippen molar-refractivity contribution in [3.63, 3.8) is 0 Å². The predicted molar refractivity (Wildman–Crippen MR) is 120 cm³/mol. The summed E-state index contributed by atoms with van der Waals surface area (Å²) in [6, 6.07) is 12.0. The number of methoxy groups -OCH3 is 1. The number of benzene rings is 2. The first kappa shape index (κ1) is 22.7. The first-order valence-electron chi connectivity index (χ1n) is 9.96. The zero-order valence-corrected chi connectivity index (χ0v) is 18.2. The van der Waals surface area contributed by atoms with Gasteiger partial charge in [0.1, 0.15) is 11.5 Å². The van der Waals surface area contributed by atoms with Crippen molar-refractivity contribution in [1.29, 1.82) is 0 Å². The van der Waals surface area contributed by atoms with Crippen LogP contribution in [0.1, 0.15) is 20.3 Å². The lowest BCUT2D eigenvalue weighted by molar-refractivity contribution is -0.137. The topological polar surface area (TPSA) is 129 Å². The van der Waals surface area contributed by atoms with Crippen LogP contribution < -0.4 is 25.8 Å². The van der Waals surface area contributed by atoms with Gasteiger partial charge in [-0.05, 0) is 50.2 Å². The van der Waals surface area contributed by atoms with Gasteiger partial charge in [-0.3, -0.25) is 9.59 Å². The molecule has 3 rings (SSSR count). The Bertz CT molecular complexity index is 1060. The largest absolute Gasteiger partial charge is 0.496 e. The maximum Gasteiger partial charge on any atom is 0.313 e. The first-order chi connectivity index (χ1) is 15.3. The van der Waals surface area contributed by atoms with E-state index in [4.69, 9.17) is 19.6 Å². The Morgan fingerprint density at radius 1 is 1.12 bits per heavy atom. The van der Waals surface area contributed by atoms with Crippen LogP contribution in [0.2, 0.25) is 0 Å². The standard InChI is InChI=1S/C23H26N4O5/c1-23(2,10-11-31-17-7-4-15(24)5-8-17)27-22(29)21(28)26-16-6-9-18(19(12-16)30-3)20-13-25-14-32-20/h4-9,12-14H,10-11,24H2,1-3H3,(H,26,28)(H,27,29). The van der Waals surface area contributed by atoms with Crippen LogP contribution in [0, 0.1) is 0 Å². The summed E-state index contributed by atoms with van der Waals surface area (Å²) >= 11 is 0. The van der Waals surface area contributed by atoms with E-state index >= 15 is 0 Å². The van der Waals surface area contributed by atoms with E-state index in [-0.39, 0.29) is 0 Å². The minimum Gasteiger partial charge on any atom is -0.496 e. The summed E-state index contributed by atoms with van der Waals surface area (Å²) in [6.45, 7) is 4.00. The molecule has 0 aliphatic carbocycles. The van der Waals surface area contributed by atoms with Gasteiger partial charge < -0.3 is 30.3 Å². The van der Waals surface area contributed by atoms with Crippen LogP contribution in [0.15, 0.2) is 59.5 Å². The van der Waals surface area contributed by atoms with Crippen LogP contribution in [-0.4, -0.2) is 36.1 Å². The lowest BCUT2D eigenvalue weighted by atomic mass is 10.0. The number of rotatable bonds is 8. The number of nitrogen functional groups attached to an aromatic ring is 1. The lowest BCUT2D eigenvalue weighted by Crippen LogP contribution is -2.48. The molecule has 9 heteroatoms. The van der Waals surface area contributed by atoms with Crippen LogP contribution in [0.5, 0.6) is 11.5 Å². The molecule has 9 nitrogen and oxygen atoms in total. The first-order valence-corrected chi connectivity index (χ1v) is 9.96. The molecule has 0 spiro atoms. The number of nitrogens with two attached hydrogens (primary N) is 1. The fourth-order valence-electron chi connectivity index (χ4n) is 2.92. The van der Waals surface area contributed by atoms with Gasteiger partial charge in [0.15, 0.2) is 12.2 Å². The van der Waals surface area contributed by atoms with Gasteiger partial charge in [-0.15, -0.1) is 0 Å². The van der Waals surface area contributed by atoms with E-state index in [1.807, 2.05) is 13.8 Å². The number of oxazole rings is 1. The smallest absolute Gasteiger partial charge is 0.313 e. The molecule has 168 valence electrons. The van der Waals surface area contributed by atoms with Gasteiger partial charge in [0.2, 0.25) is 0 Å². The van der Waals surface area contributed by atoms with Gasteiger partial charge in [-0.1, -0.05) is 0 Å². The Labute approximate surface area is 185 Å². The van der Waals surface area contributed by atoms with E-state index in [2.05, 4.69) is 15.6 Å². The van der Waals surface area contributed by atoms with Crippen molar-refractivity contribution < 1.29 is 23.5 Å². The fraction of sp³-hybridized carbons (Fsp3) is 0.261. The summed E-state index contributed by atoms with van der Waals surface area (Å²) in [5.41, 5.74) is 6.74. The van der Waals surface area contributed by atoms with Gasteiger partial charge in [0.25, 0.3) is 0 Å². The fourth-order valence-corrected chi connectivity index (χ4v) is 2.92. The number of amides is 2. The molecule has 0 aliphatic heterocycles. The second kappa shape index (κ2) is 9.86. The molecule has 4 N–H and O–H groups in total. The highest BCUT2D eigenvalue weighted by molar-refractivity contribution is 6.39. The number of hydrogen-bond donors (Lipinski definition) is 3. The predicted octanol–water partition coefficient (Wildman–Crippen LogP) is 3.23. The summed E-state index contributed by atoms with van der Waals surface area (Å²) in [5, 5.41) is 5.31. The van der Waals surface area contributed by atoms with Crippen molar-refractivity contribution in [3.8, 4) is 22.8 Å². The van der Waals surface area contributed by atoms with Crippen LogP contribution >= 0.6 is 0 Å². The molecule has 3 aromatic rings. The molecule has 32 heavy (non-hydrogen) atoms. The van der Waals surface area contributed by atoms with Crippen LogP contribution in [0.25, 0.3) is 11.3 Å². The number of aromatic nitrogens is 1. The number of hydrogen-bond acceptors (Lipinski definition) is 7. The van der Waals surface area contributed by atoms with Crippen molar-refractivity contribution in [2.45, 2.75) is 25.8 Å². The number of ether oxygens (including phenoxy) is 2. The SMILES string of the molecule is COc1cc(NC(=O)C(=O)NC(C)(C)CCOc2ccc(N)cc2)ccc1-c1cnco1. The summed E-state index contributed by atoms with van der Waals surface area (Å²) < 4.78 is 16.3. The molecule has 0 atom stereocenters. The average Bonchev–Trinajstić information content (AvgIpc) is 3.29. The molecule has 0 fully saturated rings. The van der Waals surface area contributed by atoms with Crippen molar-refractivity contribution >= 4 is 23.2 Å². The number of nitrogens with one attached hydrogen (secondary N) is 2. The van der Waals surface area contributed by atoms with Crippen LogP contribution in [0.3, 0.4) is 0 Å². The van der Waals surface area contributed by atoms with Gasteiger partial charge in [-0.2, -0.15) is 0 Å². The minimum atomic E-state index is -0.785. The monoisotopic (exact) mass is 438 g/mol. The molecule has 0 unspecified atom stereocenters. The second-order valence-corrected chi connectivity index (χ2v) is 7.74. The van der Waals surface area contributed by atoms with E-state index in [1.54, 1.807) is 48.7 Å². The van der Waals surface area contributed by atoms with E-state index in [0.29, 0.717) is 47.2 Å². The van der Waals surface area contributed by atoms with Crippen LogP contribution in [-0.2, 0) is 9.59 Å². The molecule has 1 heterocycles. The molecule has 0 saturated heterocycles. The summed E-state index contributed by atoms with van der Waals surface area (Å²) in [5.74, 6) is 0.148. The summed E-state index contributed by atoms with van der Waals surface area (Å²) in [7, 11) is 1.50. The van der Waals surface area contributed by atoms with E-state index in [0.717, 1.165) is 0 Å². The molecule has 2 aromatic carbocycles. The molecular weight excluding hydrogens is 412 g/mol. The van der Waals surface area contributed by atoms with Gasteiger partial charge in [0, 0.05) is 29.4 Å². The van der Waals surface area contributed by atoms with Crippen molar-refractivity contribution in [3.05, 3.63) is 55.1 Å². The van der Waals surface area contributed by atoms with Crippen molar-refractivity contribution in [1.82, 2.24) is 10.3 Å². The quantitative estimate of drug-likeness (QED) is 0.364.